The van der Waals surface area contributed by atoms with E-state index in [2.05, 4.69) is 0 Å². The number of benzene rings is 1. The summed E-state index contributed by atoms with van der Waals surface area (Å²) in [4.78, 5) is 0. The topological polar surface area (TPSA) is 53.7 Å². The van der Waals surface area contributed by atoms with Crippen molar-refractivity contribution in [3.8, 4) is 5.75 Å². The molecular weight excluding hydrogens is 254 g/mol. The van der Waals surface area contributed by atoms with E-state index >= 15 is 0 Å². The summed E-state index contributed by atoms with van der Waals surface area (Å²) < 4.78 is 16.7. The molecule has 1 saturated heterocycles. The molecule has 0 bridgehead atoms. The number of rotatable bonds is 7. The van der Waals surface area contributed by atoms with Crippen LogP contribution in [0.1, 0.15) is 37.8 Å². The Morgan fingerprint density at radius 2 is 2.10 bits per heavy atom. The van der Waals surface area contributed by atoms with Gasteiger partial charge in [-0.05, 0) is 43.9 Å². The van der Waals surface area contributed by atoms with Crippen LogP contribution in [0.3, 0.4) is 0 Å². The van der Waals surface area contributed by atoms with E-state index in [1.54, 1.807) is 0 Å². The van der Waals surface area contributed by atoms with Gasteiger partial charge in [0, 0.05) is 6.61 Å². The fourth-order valence-electron chi connectivity index (χ4n) is 2.34. The minimum Gasteiger partial charge on any atom is -0.494 e. The highest BCUT2D eigenvalue weighted by molar-refractivity contribution is 5.29. The summed E-state index contributed by atoms with van der Waals surface area (Å²) in [5.74, 6) is 0.875. The lowest BCUT2D eigenvalue weighted by Crippen LogP contribution is -2.26. The molecule has 1 fully saturated rings. The normalized spacial score (nSPS) is 20.6. The maximum Gasteiger partial charge on any atom is 0.119 e. The van der Waals surface area contributed by atoms with Gasteiger partial charge in [0.25, 0.3) is 0 Å². The van der Waals surface area contributed by atoms with Crippen LogP contribution in [0.25, 0.3) is 0 Å². The molecule has 4 nitrogen and oxygen atoms in total. The second-order valence-corrected chi connectivity index (χ2v) is 5.13. The zero-order valence-electron chi connectivity index (χ0n) is 12.2. The van der Waals surface area contributed by atoms with Crippen molar-refractivity contribution in [2.45, 2.75) is 38.3 Å². The van der Waals surface area contributed by atoms with Gasteiger partial charge in [-0.1, -0.05) is 12.1 Å². The van der Waals surface area contributed by atoms with Crippen LogP contribution >= 0.6 is 0 Å². The first-order valence-corrected chi connectivity index (χ1v) is 7.47. The zero-order chi connectivity index (χ0) is 14.2. The molecule has 0 aliphatic carbocycles. The summed E-state index contributed by atoms with van der Waals surface area (Å²) in [6.45, 7) is 4.67. The lowest BCUT2D eigenvalue weighted by molar-refractivity contribution is -0.0428. The van der Waals surface area contributed by atoms with Crippen molar-refractivity contribution < 1.29 is 14.2 Å². The number of hydrogen-bond acceptors (Lipinski definition) is 4. The van der Waals surface area contributed by atoms with Gasteiger partial charge in [-0.25, -0.2) is 0 Å². The van der Waals surface area contributed by atoms with Crippen molar-refractivity contribution in [3.05, 3.63) is 29.8 Å². The highest BCUT2D eigenvalue weighted by Gasteiger charge is 2.14. The molecule has 1 aromatic carbocycles. The molecule has 0 aromatic heterocycles. The van der Waals surface area contributed by atoms with E-state index < -0.39 is 0 Å². The molecule has 1 aliphatic rings. The predicted molar refractivity (Wildman–Crippen MR) is 78.9 cm³/mol. The predicted octanol–water partition coefficient (Wildman–Crippen LogP) is 2.67. The van der Waals surface area contributed by atoms with E-state index in [-0.39, 0.29) is 12.1 Å². The highest BCUT2D eigenvalue weighted by Crippen LogP contribution is 2.17. The molecule has 0 radical (unpaired) electrons. The zero-order valence-corrected chi connectivity index (χ0v) is 12.2. The van der Waals surface area contributed by atoms with E-state index in [1.807, 2.05) is 31.2 Å². The van der Waals surface area contributed by atoms with Gasteiger partial charge in [-0.3, -0.25) is 0 Å². The van der Waals surface area contributed by atoms with Crippen molar-refractivity contribution in [1.82, 2.24) is 0 Å². The Bertz CT molecular complexity index is 374. The van der Waals surface area contributed by atoms with Gasteiger partial charge in [0.2, 0.25) is 0 Å². The highest BCUT2D eigenvalue weighted by atomic mass is 16.5. The SMILES string of the molecule is CCOc1ccc(C(N)COCC2CCCCO2)cc1. The first-order chi connectivity index (χ1) is 9.79. The summed E-state index contributed by atoms with van der Waals surface area (Å²) in [5.41, 5.74) is 7.20. The average Bonchev–Trinajstić information content (AvgIpc) is 2.49. The Morgan fingerprint density at radius 1 is 1.30 bits per heavy atom. The van der Waals surface area contributed by atoms with Gasteiger partial charge in [0.05, 0.1) is 32.0 Å². The lowest BCUT2D eigenvalue weighted by Gasteiger charge is -2.23. The summed E-state index contributed by atoms with van der Waals surface area (Å²) in [6, 6.07) is 7.78. The third-order valence-electron chi connectivity index (χ3n) is 3.49. The molecule has 2 atom stereocenters. The smallest absolute Gasteiger partial charge is 0.119 e. The van der Waals surface area contributed by atoms with Crippen LogP contribution in [-0.2, 0) is 9.47 Å². The van der Waals surface area contributed by atoms with E-state index in [0.717, 1.165) is 24.3 Å². The Labute approximate surface area is 121 Å². The second-order valence-electron chi connectivity index (χ2n) is 5.13. The third kappa shape index (κ3) is 4.78. The molecule has 4 heteroatoms. The second kappa shape index (κ2) is 8.25. The van der Waals surface area contributed by atoms with Gasteiger partial charge >= 0.3 is 0 Å². The molecule has 2 unspecified atom stereocenters. The quantitative estimate of drug-likeness (QED) is 0.833. The lowest BCUT2D eigenvalue weighted by atomic mass is 10.1. The Morgan fingerprint density at radius 3 is 2.75 bits per heavy atom. The van der Waals surface area contributed by atoms with Crippen molar-refractivity contribution in [2.24, 2.45) is 5.73 Å². The van der Waals surface area contributed by atoms with Crippen molar-refractivity contribution >= 4 is 0 Å². The molecule has 1 aliphatic heterocycles. The molecule has 2 rings (SSSR count). The molecule has 1 aromatic rings. The molecule has 0 saturated carbocycles. The summed E-state index contributed by atoms with van der Waals surface area (Å²) in [6.07, 6.45) is 3.75. The molecule has 112 valence electrons. The van der Waals surface area contributed by atoms with Crippen molar-refractivity contribution in [1.29, 1.82) is 0 Å². The Balaban J connectivity index is 1.71. The maximum absolute atomic E-state index is 6.13. The van der Waals surface area contributed by atoms with Crippen molar-refractivity contribution in [3.63, 3.8) is 0 Å². The average molecular weight is 279 g/mol. The maximum atomic E-state index is 6.13. The molecule has 0 spiro atoms. The van der Waals surface area contributed by atoms with Crippen LogP contribution in [-0.4, -0.2) is 32.5 Å². The Hall–Kier alpha value is -1.10. The van der Waals surface area contributed by atoms with Crippen LogP contribution in [0.15, 0.2) is 24.3 Å². The van der Waals surface area contributed by atoms with E-state index in [9.17, 15) is 0 Å². The van der Waals surface area contributed by atoms with Gasteiger partial charge in [-0.2, -0.15) is 0 Å². The van der Waals surface area contributed by atoms with Gasteiger partial charge < -0.3 is 19.9 Å². The summed E-state index contributed by atoms with van der Waals surface area (Å²) in [7, 11) is 0. The monoisotopic (exact) mass is 279 g/mol. The number of ether oxygens (including phenoxy) is 3. The number of nitrogens with two attached hydrogens (primary N) is 1. The standard InChI is InChI=1S/C16H25NO3/c1-2-19-14-8-6-13(7-9-14)16(17)12-18-11-15-5-3-4-10-20-15/h6-9,15-16H,2-5,10-12,17H2,1H3. The summed E-state index contributed by atoms with van der Waals surface area (Å²) >= 11 is 0. The molecule has 2 N–H and O–H groups in total. The summed E-state index contributed by atoms with van der Waals surface area (Å²) in [5, 5.41) is 0. The van der Waals surface area contributed by atoms with Crippen LogP contribution < -0.4 is 10.5 Å². The van der Waals surface area contributed by atoms with Gasteiger partial charge in [0.15, 0.2) is 0 Å². The van der Waals surface area contributed by atoms with Crippen LogP contribution in [0.5, 0.6) is 5.75 Å². The van der Waals surface area contributed by atoms with Crippen LogP contribution in [0.2, 0.25) is 0 Å². The van der Waals surface area contributed by atoms with E-state index in [0.29, 0.717) is 19.8 Å². The molecule has 1 heterocycles. The molecular formula is C16H25NO3. The van der Waals surface area contributed by atoms with Crippen LogP contribution in [0, 0.1) is 0 Å². The first-order valence-electron chi connectivity index (χ1n) is 7.47. The minimum atomic E-state index is -0.103. The largest absolute Gasteiger partial charge is 0.494 e. The Kier molecular flexibility index (Phi) is 6.30. The fraction of sp³-hybridized carbons (Fsp3) is 0.625. The number of hydrogen-bond donors (Lipinski definition) is 1. The van der Waals surface area contributed by atoms with E-state index in [1.165, 1.54) is 12.8 Å². The van der Waals surface area contributed by atoms with Gasteiger partial charge in [-0.15, -0.1) is 0 Å². The van der Waals surface area contributed by atoms with Crippen LogP contribution in [0.4, 0.5) is 0 Å². The first kappa shape index (κ1) is 15.3. The minimum absolute atomic E-state index is 0.103. The van der Waals surface area contributed by atoms with E-state index in [4.69, 9.17) is 19.9 Å². The fourth-order valence-corrected chi connectivity index (χ4v) is 2.34. The molecule has 20 heavy (non-hydrogen) atoms. The van der Waals surface area contributed by atoms with Gasteiger partial charge in [0.1, 0.15) is 5.75 Å². The van der Waals surface area contributed by atoms with Crippen molar-refractivity contribution in [2.75, 3.05) is 26.4 Å². The third-order valence-corrected chi connectivity index (χ3v) is 3.49. The molecule has 0 amide bonds.